The third kappa shape index (κ3) is 7.45. The lowest BCUT2D eigenvalue weighted by molar-refractivity contribution is -0.121. The number of nitrogens with one attached hydrogen (secondary N) is 3. The molecule has 6 heteroatoms. The van der Waals surface area contributed by atoms with Crippen LogP contribution in [0.15, 0.2) is 17.1 Å². The predicted octanol–water partition coefficient (Wildman–Crippen LogP) is 2.42. The van der Waals surface area contributed by atoms with Crippen molar-refractivity contribution >= 4 is 23.2 Å². The molecule has 0 aromatic carbocycles. The molecule has 0 bridgehead atoms. The van der Waals surface area contributed by atoms with Crippen molar-refractivity contribution in [3.8, 4) is 0 Å². The third-order valence-electron chi connectivity index (χ3n) is 3.20. The molecule has 0 saturated heterocycles. The number of thiophene rings is 1. The number of aliphatic imine (C=N–C) groups is 1. The van der Waals surface area contributed by atoms with E-state index in [9.17, 15) is 4.79 Å². The molecule has 1 atom stereocenters. The first-order valence-electron chi connectivity index (χ1n) is 7.92. The maximum atomic E-state index is 11.7. The Kier molecular flexibility index (Phi) is 8.58. The highest BCUT2D eigenvalue weighted by atomic mass is 32.1. The predicted molar refractivity (Wildman–Crippen MR) is 94.4 cm³/mol. The molecular weight excluding hydrogens is 296 g/mol. The Morgan fingerprint density at radius 1 is 1.32 bits per heavy atom. The van der Waals surface area contributed by atoms with Gasteiger partial charge in [-0.3, -0.25) is 4.79 Å². The van der Waals surface area contributed by atoms with Crippen molar-refractivity contribution < 1.29 is 4.79 Å². The van der Waals surface area contributed by atoms with Gasteiger partial charge in [-0.15, -0.1) is 11.3 Å². The minimum Gasteiger partial charge on any atom is -0.357 e. The van der Waals surface area contributed by atoms with Crippen LogP contribution in [0.5, 0.6) is 0 Å². The molecule has 1 unspecified atom stereocenters. The van der Waals surface area contributed by atoms with Gasteiger partial charge in [-0.1, -0.05) is 6.92 Å². The van der Waals surface area contributed by atoms with Gasteiger partial charge in [0, 0.05) is 35.3 Å². The Morgan fingerprint density at radius 3 is 2.68 bits per heavy atom. The van der Waals surface area contributed by atoms with Crippen LogP contribution in [0, 0.1) is 6.92 Å². The van der Waals surface area contributed by atoms with E-state index in [0.717, 1.165) is 18.9 Å². The molecule has 3 N–H and O–H groups in total. The van der Waals surface area contributed by atoms with Crippen molar-refractivity contribution in [2.75, 3.05) is 13.1 Å². The largest absolute Gasteiger partial charge is 0.357 e. The molecule has 0 saturated carbocycles. The molecule has 1 aromatic rings. The molecule has 22 heavy (non-hydrogen) atoms. The van der Waals surface area contributed by atoms with Crippen molar-refractivity contribution in [1.82, 2.24) is 16.0 Å². The van der Waals surface area contributed by atoms with Crippen molar-refractivity contribution in [3.63, 3.8) is 0 Å². The van der Waals surface area contributed by atoms with Gasteiger partial charge in [-0.2, -0.15) is 0 Å². The van der Waals surface area contributed by atoms with E-state index in [0.29, 0.717) is 19.5 Å². The van der Waals surface area contributed by atoms with Gasteiger partial charge in [-0.25, -0.2) is 4.99 Å². The van der Waals surface area contributed by atoms with E-state index in [4.69, 9.17) is 0 Å². The van der Waals surface area contributed by atoms with Gasteiger partial charge in [0.1, 0.15) is 0 Å². The SMILES string of the molecule is CCNC(=NCc1ccc(C)s1)NCCC(=O)NC(C)CC. The van der Waals surface area contributed by atoms with Gasteiger partial charge in [0.15, 0.2) is 5.96 Å². The van der Waals surface area contributed by atoms with E-state index < -0.39 is 0 Å². The van der Waals surface area contributed by atoms with Crippen LogP contribution in [0.2, 0.25) is 0 Å². The highest BCUT2D eigenvalue weighted by Gasteiger charge is 2.05. The number of aryl methyl sites for hydroxylation is 1. The fraction of sp³-hybridized carbons (Fsp3) is 0.625. The van der Waals surface area contributed by atoms with Crippen molar-refractivity contribution in [2.24, 2.45) is 4.99 Å². The standard InChI is InChI=1S/C16H28N4OS/c1-5-12(3)20-15(21)9-10-18-16(17-6-2)19-11-14-8-7-13(4)22-14/h7-8,12H,5-6,9-11H2,1-4H3,(H,20,21)(H2,17,18,19). The first-order valence-corrected chi connectivity index (χ1v) is 8.73. The number of hydrogen-bond donors (Lipinski definition) is 3. The first-order chi connectivity index (χ1) is 10.5. The molecule has 1 rings (SSSR count). The summed E-state index contributed by atoms with van der Waals surface area (Å²) in [6.45, 7) is 10.2. The van der Waals surface area contributed by atoms with Crippen LogP contribution in [0.25, 0.3) is 0 Å². The number of carbonyl (C=O) groups is 1. The average Bonchev–Trinajstić information content (AvgIpc) is 2.90. The van der Waals surface area contributed by atoms with Crippen LogP contribution in [-0.2, 0) is 11.3 Å². The summed E-state index contributed by atoms with van der Waals surface area (Å²) in [4.78, 5) is 18.8. The number of carbonyl (C=O) groups excluding carboxylic acids is 1. The van der Waals surface area contributed by atoms with Gasteiger partial charge in [0.2, 0.25) is 5.91 Å². The summed E-state index contributed by atoms with van der Waals surface area (Å²) in [5, 5.41) is 9.36. The Bertz CT molecular complexity index is 484. The number of hydrogen-bond acceptors (Lipinski definition) is 3. The monoisotopic (exact) mass is 324 g/mol. The van der Waals surface area contributed by atoms with E-state index in [-0.39, 0.29) is 11.9 Å². The molecule has 0 aliphatic carbocycles. The van der Waals surface area contributed by atoms with Gasteiger partial charge in [-0.05, 0) is 39.3 Å². The topological polar surface area (TPSA) is 65.5 Å². The summed E-state index contributed by atoms with van der Waals surface area (Å²) in [6, 6.07) is 4.44. The Balaban J connectivity index is 2.38. The van der Waals surface area contributed by atoms with Crippen LogP contribution in [0.3, 0.4) is 0 Å². The summed E-state index contributed by atoms with van der Waals surface area (Å²) in [5.41, 5.74) is 0. The molecule has 0 aliphatic rings. The average molecular weight is 324 g/mol. The maximum absolute atomic E-state index is 11.7. The Labute approximate surface area is 137 Å². The van der Waals surface area contributed by atoms with Crippen molar-refractivity contribution in [2.45, 2.75) is 53.1 Å². The fourth-order valence-corrected chi connectivity index (χ4v) is 2.63. The van der Waals surface area contributed by atoms with Crippen LogP contribution < -0.4 is 16.0 Å². The minimum absolute atomic E-state index is 0.0755. The summed E-state index contributed by atoms with van der Waals surface area (Å²) in [6.07, 6.45) is 1.40. The smallest absolute Gasteiger partial charge is 0.221 e. The summed E-state index contributed by atoms with van der Waals surface area (Å²) in [7, 11) is 0. The Hall–Kier alpha value is -1.56. The minimum atomic E-state index is 0.0755. The lowest BCUT2D eigenvalue weighted by atomic mass is 10.2. The lowest BCUT2D eigenvalue weighted by Crippen LogP contribution is -2.40. The molecule has 1 amide bonds. The zero-order valence-electron chi connectivity index (χ0n) is 14.0. The molecular formula is C16H28N4OS. The van der Waals surface area contributed by atoms with Crippen LogP contribution >= 0.6 is 11.3 Å². The molecule has 5 nitrogen and oxygen atoms in total. The van der Waals surface area contributed by atoms with Crippen LogP contribution in [-0.4, -0.2) is 31.0 Å². The highest BCUT2D eigenvalue weighted by molar-refractivity contribution is 7.11. The summed E-state index contributed by atoms with van der Waals surface area (Å²) >= 11 is 1.76. The van der Waals surface area contributed by atoms with Crippen molar-refractivity contribution in [1.29, 1.82) is 0 Å². The number of rotatable bonds is 8. The van der Waals surface area contributed by atoms with Gasteiger partial charge in [0.25, 0.3) is 0 Å². The zero-order valence-corrected chi connectivity index (χ0v) is 14.8. The number of guanidine groups is 1. The second-order valence-electron chi connectivity index (χ2n) is 5.26. The first kappa shape index (κ1) is 18.5. The van der Waals surface area contributed by atoms with E-state index in [2.05, 4.69) is 46.9 Å². The normalized spacial score (nSPS) is 12.8. The summed E-state index contributed by atoms with van der Waals surface area (Å²) < 4.78 is 0. The second-order valence-corrected chi connectivity index (χ2v) is 6.63. The van der Waals surface area contributed by atoms with E-state index in [1.807, 2.05) is 13.8 Å². The zero-order chi connectivity index (χ0) is 16.4. The van der Waals surface area contributed by atoms with E-state index in [1.54, 1.807) is 11.3 Å². The number of nitrogens with zero attached hydrogens (tertiary/aromatic N) is 1. The molecule has 0 radical (unpaired) electrons. The second kappa shape index (κ2) is 10.2. The third-order valence-corrected chi connectivity index (χ3v) is 4.18. The molecule has 0 fully saturated rings. The van der Waals surface area contributed by atoms with E-state index in [1.165, 1.54) is 9.75 Å². The van der Waals surface area contributed by atoms with Gasteiger partial charge >= 0.3 is 0 Å². The summed E-state index contributed by atoms with van der Waals surface area (Å²) in [5.74, 6) is 0.830. The van der Waals surface area contributed by atoms with Crippen LogP contribution in [0.4, 0.5) is 0 Å². The quantitative estimate of drug-likeness (QED) is 0.508. The van der Waals surface area contributed by atoms with Gasteiger partial charge < -0.3 is 16.0 Å². The number of amides is 1. The van der Waals surface area contributed by atoms with Crippen LogP contribution in [0.1, 0.15) is 43.4 Å². The Morgan fingerprint density at radius 2 is 2.09 bits per heavy atom. The fourth-order valence-electron chi connectivity index (χ4n) is 1.81. The molecule has 0 spiro atoms. The van der Waals surface area contributed by atoms with Crippen molar-refractivity contribution in [3.05, 3.63) is 21.9 Å². The highest BCUT2D eigenvalue weighted by Crippen LogP contribution is 2.15. The van der Waals surface area contributed by atoms with Gasteiger partial charge in [0.05, 0.1) is 6.54 Å². The maximum Gasteiger partial charge on any atom is 0.221 e. The molecule has 1 heterocycles. The van der Waals surface area contributed by atoms with E-state index >= 15 is 0 Å². The lowest BCUT2D eigenvalue weighted by Gasteiger charge is -2.13. The molecule has 0 aliphatic heterocycles. The molecule has 124 valence electrons. The molecule has 1 aromatic heterocycles.